The van der Waals surface area contributed by atoms with E-state index in [1.54, 1.807) is 6.07 Å². The molecule has 3 heterocycles. The molecule has 0 bridgehead atoms. The Morgan fingerprint density at radius 2 is 1.83 bits per heavy atom. The van der Waals surface area contributed by atoms with Gasteiger partial charge in [-0.05, 0) is 30.3 Å². The van der Waals surface area contributed by atoms with Gasteiger partial charge in [0.15, 0.2) is 5.75 Å². The van der Waals surface area contributed by atoms with Crippen molar-refractivity contribution in [2.75, 3.05) is 26.3 Å². The molecule has 0 atom stereocenters. The summed E-state index contributed by atoms with van der Waals surface area (Å²) in [7, 11) is -3.85. The molecule has 0 amide bonds. The minimum Gasteiger partial charge on any atom is -0.454 e. The molecule has 0 unspecified atom stereocenters. The number of primary sulfonamides is 1. The number of sulfonamides is 1. The van der Waals surface area contributed by atoms with Crippen LogP contribution in [0.15, 0.2) is 53.4 Å². The summed E-state index contributed by atoms with van der Waals surface area (Å²) in [6.07, 6.45) is 0. The number of aromatic nitrogens is 2. The summed E-state index contributed by atoms with van der Waals surface area (Å²) < 4.78 is 36.9. The van der Waals surface area contributed by atoms with Crippen molar-refractivity contribution in [3.05, 3.63) is 54.2 Å². The van der Waals surface area contributed by atoms with E-state index in [1.807, 2.05) is 28.9 Å². The molecule has 2 aliphatic rings. The Labute approximate surface area is 168 Å². The first-order chi connectivity index (χ1) is 14.0. The molecule has 2 N–H and O–H groups in total. The topological polar surface area (TPSA) is 99.7 Å². The van der Waals surface area contributed by atoms with E-state index in [0.29, 0.717) is 17.2 Å². The smallest absolute Gasteiger partial charge is 0.238 e. The lowest BCUT2D eigenvalue weighted by Crippen LogP contribution is -2.35. The Hall–Kier alpha value is -2.72. The highest BCUT2D eigenvalue weighted by atomic mass is 32.2. The second-order valence-electron chi connectivity index (χ2n) is 7.09. The lowest BCUT2D eigenvalue weighted by atomic mass is 10.1. The van der Waals surface area contributed by atoms with Crippen molar-refractivity contribution >= 4 is 10.0 Å². The van der Waals surface area contributed by atoms with Gasteiger partial charge in [0.05, 0.1) is 29.5 Å². The van der Waals surface area contributed by atoms with Gasteiger partial charge in [0.25, 0.3) is 0 Å². The van der Waals surface area contributed by atoms with Crippen LogP contribution < -0.4 is 9.88 Å². The second-order valence-corrected chi connectivity index (χ2v) is 8.66. The first-order valence-electron chi connectivity index (χ1n) is 9.32. The third kappa shape index (κ3) is 3.42. The second kappa shape index (κ2) is 6.96. The zero-order valence-electron chi connectivity index (χ0n) is 15.6. The standard InChI is InChI=1S/C20H20N4O4S/c21-29(25,26)15-5-6-17-20(12-15)28-19-4-2-1-3-16(19)18-11-14(22-24(17)18)13-23-7-9-27-10-8-23/h1-6,11-12H,7-10,13H2,(H2,21,25,26). The molecule has 2 aliphatic heterocycles. The predicted molar refractivity (Wildman–Crippen MR) is 107 cm³/mol. The maximum absolute atomic E-state index is 11.8. The number of ether oxygens (including phenoxy) is 2. The van der Waals surface area contributed by atoms with E-state index in [9.17, 15) is 8.42 Å². The molecule has 0 radical (unpaired) electrons. The van der Waals surface area contributed by atoms with Crippen LogP contribution in [0.2, 0.25) is 0 Å². The van der Waals surface area contributed by atoms with Crippen LogP contribution in [0.25, 0.3) is 16.9 Å². The quantitative estimate of drug-likeness (QED) is 0.553. The van der Waals surface area contributed by atoms with Gasteiger partial charge in [0.1, 0.15) is 11.4 Å². The van der Waals surface area contributed by atoms with Gasteiger partial charge in [-0.1, -0.05) is 12.1 Å². The Bertz CT molecular complexity index is 1180. The molecule has 150 valence electrons. The number of hydrogen-bond acceptors (Lipinski definition) is 6. The third-order valence-electron chi connectivity index (χ3n) is 5.12. The summed E-state index contributed by atoms with van der Waals surface area (Å²) in [4.78, 5) is 2.30. The van der Waals surface area contributed by atoms with Gasteiger partial charge in [0, 0.05) is 31.3 Å². The summed E-state index contributed by atoms with van der Waals surface area (Å²) >= 11 is 0. The van der Waals surface area contributed by atoms with Crippen molar-refractivity contribution in [1.29, 1.82) is 0 Å². The van der Waals surface area contributed by atoms with Crippen molar-refractivity contribution in [2.24, 2.45) is 5.14 Å². The SMILES string of the molecule is NS(=O)(=O)c1ccc2c(c1)Oc1ccccc1-c1cc(CN3CCOCC3)nn1-2. The number of benzene rings is 2. The van der Waals surface area contributed by atoms with E-state index >= 15 is 0 Å². The molecule has 1 aromatic heterocycles. The first-order valence-corrected chi connectivity index (χ1v) is 10.9. The number of fused-ring (bicyclic) bond motifs is 5. The fourth-order valence-corrected chi connectivity index (χ4v) is 4.21. The minimum absolute atomic E-state index is 0.00197. The van der Waals surface area contributed by atoms with Crippen molar-refractivity contribution in [2.45, 2.75) is 11.4 Å². The molecule has 29 heavy (non-hydrogen) atoms. The number of nitrogens with zero attached hydrogens (tertiary/aromatic N) is 3. The van der Waals surface area contributed by atoms with Crippen molar-refractivity contribution in [1.82, 2.24) is 14.7 Å². The highest BCUT2D eigenvalue weighted by Gasteiger charge is 2.25. The molecular formula is C20H20N4O4S. The molecule has 0 saturated carbocycles. The third-order valence-corrected chi connectivity index (χ3v) is 6.03. The summed E-state index contributed by atoms with van der Waals surface area (Å²) in [5.41, 5.74) is 3.38. The Morgan fingerprint density at radius 1 is 1.03 bits per heavy atom. The number of morpholine rings is 1. The molecule has 8 nitrogen and oxygen atoms in total. The van der Waals surface area contributed by atoms with Gasteiger partial charge in [-0.15, -0.1) is 0 Å². The molecule has 0 aliphatic carbocycles. The van der Waals surface area contributed by atoms with Gasteiger partial charge >= 0.3 is 0 Å². The average Bonchev–Trinajstić information content (AvgIpc) is 3.06. The Balaban J connectivity index is 1.64. The minimum atomic E-state index is -3.85. The summed E-state index contributed by atoms with van der Waals surface area (Å²) in [5.74, 6) is 1.03. The monoisotopic (exact) mass is 412 g/mol. The van der Waals surface area contributed by atoms with Crippen LogP contribution in [-0.2, 0) is 21.3 Å². The van der Waals surface area contributed by atoms with Gasteiger partial charge in [-0.3, -0.25) is 4.90 Å². The van der Waals surface area contributed by atoms with Crippen LogP contribution in [0.1, 0.15) is 5.69 Å². The fraction of sp³-hybridized carbons (Fsp3) is 0.250. The van der Waals surface area contributed by atoms with E-state index in [2.05, 4.69) is 11.0 Å². The lowest BCUT2D eigenvalue weighted by Gasteiger charge is -2.25. The maximum atomic E-state index is 11.8. The Morgan fingerprint density at radius 3 is 2.62 bits per heavy atom. The highest BCUT2D eigenvalue weighted by Crippen LogP contribution is 2.42. The number of nitrogens with two attached hydrogens (primary N) is 1. The zero-order valence-corrected chi connectivity index (χ0v) is 16.4. The van der Waals surface area contributed by atoms with E-state index in [4.69, 9.17) is 19.7 Å². The van der Waals surface area contributed by atoms with Crippen molar-refractivity contribution < 1.29 is 17.9 Å². The van der Waals surface area contributed by atoms with E-state index in [0.717, 1.165) is 49.8 Å². The van der Waals surface area contributed by atoms with Gasteiger partial charge < -0.3 is 9.47 Å². The molecule has 3 aromatic rings. The molecule has 2 aromatic carbocycles. The van der Waals surface area contributed by atoms with Gasteiger partial charge in [-0.25, -0.2) is 18.2 Å². The van der Waals surface area contributed by atoms with Crippen molar-refractivity contribution in [3.63, 3.8) is 0 Å². The normalized spacial score (nSPS) is 16.3. The molecule has 1 fully saturated rings. The molecule has 5 rings (SSSR count). The van der Waals surface area contributed by atoms with E-state index < -0.39 is 10.0 Å². The summed E-state index contributed by atoms with van der Waals surface area (Å²) in [6.45, 7) is 3.91. The lowest BCUT2D eigenvalue weighted by molar-refractivity contribution is 0.0336. The van der Waals surface area contributed by atoms with Crippen LogP contribution in [0.3, 0.4) is 0 Å². The largest absolute Gasteiger partial charge is 0.454 e. The first kappa shape index (κ1) is 18.3. The zero-order chi connectivity index (χ0) is 20.0. The molecule has 1 saturated heterocycles. The summed E-state index contributed by atoms with van der Waals surface area (Å²) in [5, 5.41) is 10.1. The average molecular weight is 412 g/mol. The van der Waals surface area contributed by atoms with E-state index in [1.165, 1.54) is 12.1 Å². The van der Waals surface area contributed by atoms with Crippen LogP contribution in [0.4, 0.5) is 0 Å². The number of rotatable bonds is 3. The molecule has 9 heteroatoms. The maximum Gasteiger partial charge on any atom is 0.238 e. The predicted octanol–water partition coefficient (Wildman–Crippen LogP) is 2.12. The molecule has 0 spiro atoms. The van der Waals surface area contributed by atoms with Crippen molar-refractivity contribution in [3.8, 4) is 28.4 Å². The van der Waals surface area contributed by atoms with Crippen LogP contribution >= 0.6 is 0 Å². The summed E-state index contributed by atoms with van der Waals surface area (Å²) in [6, 6.07) is 14.3. The molecular weight excluding hydrogens is 392 g/mol. The van der Waals surface area contributed by atoms with Crippen LogP contribution in [0, 0.1) is 0 Å². The highest BCUT2D eigenvalue weighted by molar-refractivity contribution is 7.89. The number of para-hydroxylation sites is 1. The Kier molecular flexibility index (Phi) is 4.39. The number of hydrogen-bond donors (Lipinski definition) is 1. The van der Waals surface area contributed by atoms with Gasteiger partial charge in [-0.2, -0.15) is 5.10 Å². The fourth-order valence-electron chi connectivity index (χ4n) is 3.69. The van der Waals surface area contributed by atoms with Crippen LogP contribution in [-0.4, -0.2) is 49.4 Å². The van der Waals surface area contributed by atoms with E-state index in [-0.39, 0.29) is 4.90 Å². The van der Waals surface area contributed by atoms with Gasteiger partial charge in [0.2, 0.25) is 10.0 Å². The van der Waals surface area contributed by atoms with Crippen LogP contribution in [0.5, 0.6) is 11.5 Å².